The van der Waals surface area contributed by atoms with Gasteiger partial charge in [-0.05, 0) is 37.3 Å². The molecule has 1 fully saturated rings. The Hall–Kier alpha value is -3.52. The number of aryl methyl sites for hydroxylation is 1. The molecule has 0 aliphatic carbocycles. The lowest BCUT2D eigenvalue weighted by molar-refractivity contribution is 0.122. The maximum Gasteiger partial charge on any atom is 0.144 e. The largest absolute Gasteiger partial charge is 0.495 e. The van der Waals surface area contributed by atoms with E-state index in [9.17, 15) is 4.39 Å². The first-order valence-electron chi connectivity index (χ1n) is 10.7. The van der Waals surface area contributed by atoms with Crippen LogP contribution in [0.1, 0.15) is 6.92 Å². The third kappa shape index (κ3) is 3.67. The van der Waals surface area contributed by atoms with Crippen molar-refractivity contribution in [3.05, 3.63) is 54.7 Å². The highest BCUT2D eigenvalue weighted by Crippen LogP contribution is 2.38. The number of rotatable bonds is 5. The molecule has 4 aromatic rings. The minimum absolute atomic E-state index is 0.278. The first-order valence-corrected chi connectivity index (χ1v) is 10.7. The number of hydrogen-bond donors (Lipinski definition) is 0. The van der Waals surface area contributed by atoms with Crippen LogP contribution in [0.25, 0.3) is 33.4 Å². The summed E-state index contributed by atoms with van der Waals surface area (Å²) in [5.74, 6) is 0.493. The number of halogens is 1. The van der Waals surface area contributed by atoms with E-state index in [4.69, 9.17) is 14.6 Å². The van der Waals surface area contributed by atoms with Crippen LogP contribution < -0.4 is 9.64 Å². The maximum atomic E-state index is 13.5. The average molecular weight is 433 g/mol. The molecule has 32 heavy (non-hydrogen) atoms. The van der Waals surface area contributed by atoms with Gasteiger partial charge in [-0.2, -0.15) is 5.10 Å². The average Bonchev–Trinajstić information content (AvgIpc) is 3.28. The van der Waals surface area contributed by atoms with Crippen LogP contribution in [0.3, 0.4) is 0 Å². The molecule has 0 unspecified atom stereocenters. The maximum absolute atomic E-state index is 13.5. The van der Waals surface area contributed by atoms with Crippen molar-refractivity contribution in [1.29, 1.82) is 0 Å². The molecule has 164 valence electrons. The predicted octanol–water partition coefficient (Wildman–Crippen LogP) is 4.16. The van der Waals surface area contributed by atoms with Crippen molar-refractivity contribution in [3.63, 3.8) is 0 Å². The molecular weight excluding hydrogens is 409 g/mol. The van der Waals surface area contributed by atoms with Crippen LogP contribution in [0.2, 0.25) is 0 Å². The van der Waals surface area contributed by atoms with Gasteiger partial charge in [-0.15, -0.1) is 0 Å². The number of aromatic nitrogens is 4. The molecule has 2 aromatic carbocycles. The van der Waals surface area contributed by atoms with E-state index in [2.05, 4.69) is 20.9 Å². The highest BCUT2D eigenvalue weighted by Gasteiger charge is 2.21. The Bertz CT molecular complexity index is 1250. The molecular formula is C24H24FN5O2. The van der Waals surface area contributed by atoms with Crippen LogP contribution >= 0.6 is 0 Å². The van der Waals surface area contributed by atoms with Crippen LogP contribution in [0.15, 0.2) is 48.9 Å². The molecule has 7 nitrogen and oxygen atoms in total. The third-order valence-electron chi connectivity index (χ3n) is 5.75. The zero-order chi connectivity index (χ0) is 22.1. The van der Waals surface area contributed by atoms with Gasteiger partial charge >= 0.3 is 0 Å². The van der Waals surface area contributed by atoms with Gasteiger partial charge in [-0.25, -0.2) is 14.4 Å². The number of anilines is 1. The fraction of sp³-hybridized carbons (Fsp3) is 0.292. The van der Waals surface area contributed by atoms with Gasteiger partial charge in [-0.3, -0.25) is 4.68 Å². The van der Waals surface area contributed by atoms with Gasteiger partial charge in [0.2, 0.25) is 0 Å². The summed E-state index contributed by atoms with van der Waals surface area (Å²) in [7, 11) is 1.67. The molecule has 0 spiro atoms. The Labute approximate surface area is 185 Å². The van der Waals surface area contributed by atoms with Gasteiger partial charge in [0.05, 0.1) is 37.2 Å². The number of nitrogens with zero attached hydrogens (tertiary/aromatic N) is 5. The third-order valence-corrected chi connectivity index (χ3v) is 5.75. The Morgan fingerprint density at radius 3 is 2.56 bits per heavy atom. The molecule has 0 amide bonds. The lowest BCUT2D eigenvalue weighted by atomic mass is 10.0. The van der Waals surface area contributed by atoms with Crippen molar-refractivity contribution < 1.29 is 13.9 Å². The van der Waals surface area contributed by atoms with Gasteiger partial charge in [-0.1, -0.05) is 0 Å². The molecule has 8 heteroatoms. The van der Waals surface area contributed by atoms with Gasteiger partial charge in [0, 0.05) is 48.4 Å². The number of fused-ring (bicyclic) bond motifs is 1. The van der Waals surface area contributed by atoms with E-state index in [1.54, 1.807) is 25.6 Å². The summed E-state index contributed by atoms with van der Waals surface area (Å²) in [4.78, 5) is 11.4. The first-order chi connectivity index (χ1) is 15.7. The summed E-state index contributed by atoms with van der Waals surface area (Å²) in [6.07, 6.45) is 3.54. The lowest BCUT2D eigenvalue weighted by Gasteiger charge is -2.30. The minimum atomic E-state index is -0.278. The van der Waals surface area contributed by atoms with Crippen LogP contribution in [-0.2, 0) is 11.3 Å². The summed E-state index contributed by atoms with van der Waals surface area (Å²) in [5.41, 5.74) is 5.04. The highest BCUT2D eigenvalue weighted by molar-refractivity contribution is 5.98. The number of benzene rings is 2. The van der Waals surface area contributed by atoms with Crippen molar-refractivity contribution in [1.82, 2.24) is 19.7 Å². The normalized spacial score (nSPS) is 14.2. The fourth-order valence-corrected chi connectivity index (χ4v) is 4.08. The molecule has 2 aromatic heterocycles. The van der Waals surface area contributed by atoms with Gasteiger partial charge in [0.25, 0.3) is 0 Å². The monoisotopic (exact) mass is 433 g/mol. The van der Waals surface area contributed by atoms with E-state index in [1.165, 1.54) is 12.1 Å². The van der Waals surface area contributed by atoms with E-state index in [-0.39, 0.29) is 5.82 Å². The van der Waals surface area contributed by atoms with Crippen molar-refractivity contribution in [2.24, 2.45) is 0 Å². The molecule has 1 saturated heterocycles. The number of morpholine rings is 1. The lowest BCUT2D eigenvalue weighted by Crippen LogP contribution is -2.36. The standard InChI is InChI=1S/C24H24FN5O2/c1-3-30-14-19(23(28-30)16-4-6-17(25)7-5-16)24-18-12-21(29-8-10-32-11-9-29)22(31-2)13-20(18)26-15-27-24/h4-7,12-15H,3,8-11H2,1-2H3. The van der Waals surface area contributed by atoms with Crippen molar-refractivity contribution in [3.8, 4) is 28.3 Å². The number of methoxy groups -OCH3 is 1. The van der Waals surface area contributed by atoms with Crippen LogP contribution in [0, 0.1) is 5.82 Å². The van der Waals surface area contributed by atoms with E-state index in [0.717, 1.165) is 57.9 Å². The Morgan fingerprint density at radius 2 is 1.84 bits per heavy atom. The van der Waals surface area contributed by atoms with Crippen molar-refractivity contribution in [2.45, 2.75) is 13.5 Å². The minimum Gasteiger partial charge on any atom is -0.495 e. The molecule has 0 N–H and O–H groups in total. The second kappa shape index (κ2) is 8.55. The quantitative estimate of drug-likeness (QED) is 0.471. The summed E-state index contributed by atoms with van der Waals surface area (Å²) in [6, 6.07) is 10.4. The van der Waals surface area contributed by atoms with Crippen LogP contribution in [0.5, 0.6) is 5.75 Å². The highest BCUT2D eigenvalue weighted by atomic mass is 19.1. The number of hydrogen-bond acceptors (Lipinski definition) is 6. The van der Waals surface area contributed by atoms with Crippen LogP contribution in [0.4, 0.5) is 10.1 Å². The fourth-order valence-electron chi connectivity index (χ4n) is 4.08. The van der Waals surface area contributed by atoms with E-state index in [0.29, 0.717) is 19.8 Å². The number of ether oxygens (including phenoxy) is 2. The predicted molar refractivity (Wildman–Crippen MR) is 121 cm³/mol. The topological polar surface area (TPSA) is 65.3 Å². The smallest absolute Gasteiger partial charge is 0.144 e. The molecule has 0 atom stereocenters. The molecule has 5 rings (SSSR count). The van der Waals surface area contributed by atoms with Crippen LogP contribution in [-0.4, -0.2) is 53.2 Å². The molecule has 0 radical (unpaired) electrons. The zero-order valence-electron chi connectivity index (χ0n) is 18.1. The Balaban J connectivity index is 1.71. The van der Waals surface area contributed by atoms with E-state index < -0.39 is 0 Å². The molecule has 3 heterocycles. The van der Waals surface area contributed by atoms with Gasteiger partial charge in [0.1, 0.15) is 23.6 Å². The van der Waals surface area contributed by atoms with Crippen molar-refractivity contribution >= 4 is 16.6 Å². The Kier molecular flexibility index (Phi) is 5.45. The molecule has 1 aliphatic rings. The molecule has 0 saturated carbocycles. The first kappa shape index (κ1) is 20.4. The summed E-state index contributed by atoms with van der Waals surface area (Å²) in [6.45, 7) is 5.68. The van der Waals surface area contributed by atoms with Gasteiger partial charge in [0.15, 0.2) is 0 Å². The second-order valence-corrected chi connectivity index (χ2v) is 7.62. The zero-order valence-corrected chi connectivity index (χ0v) is 18.1. The molecule has 0 bridgehead atoms. The summed E-state index contributed by atoms with van der Waals surface area (Å²) >= 11 is 0. The summed E-state index contributed by atoms with van der Waals surface area (Å²) < 4.78 is 26.6. The van der Waals surface area contributed by atoms with E-state index >= 15 is 0 Å². The molecule has 1 aliphatic heterocycles. The Morgan fingerprint density at radius 1 is 1.06 bits per heavy atom. The van der Waals surface area contributed by atoms with Gasteiger partial charge < -0.3 is 14.4 Å². The SMILES string of the molecule is CCn1cc(-c2ncnc3cc(OC)c(N4CCOCC4)cc23)c(-c2ccc(F)cc2)n1. The van der Waals surface area contributed by atoms with E-state index in [1.807, 2.05) is 23.9 Å². The van der Waals surface area contributed by atoms with Crippen molar-refractivity contribution in [2.75, 3.05) is 38.3 Å². The summed E-state index contributed by atoms with van der Waals surface area (Å²) in [5, 5.41) is 5.65. The second-order valence-electron chi connectivity index (χ2n) is 7.62.